The summed E-state index contributed by atoms with van der Waals surface area (Å²) in [5, 5.41) is 0. The molecule has 1 fully saturated rings. The first-order chi connectivity index (χ1) is 6.61. The second kappa shape index (κ2) is 6.10. The minimum absolute atomic E-state index is 0.718. The maximum atomic E-state index is 2.73. The van der Waals surface area contributed by atoms with E-state index in [1.165, 1.54) is 39.0 Å². The Balaban J connectivity index is 2.22. The van der Waals surface area contributed by atoms with Crippen molar-refractivity contribution in [2.45, 2.75) is 18.6 Å². The van der Waals surface area contributed by atoms with Gasteiger partial charge in [0.25, 0.3) is 0 Å². The van der Waals surface area contributed by atoms with E-state index < -0.39 is 14.6 Å². The van der Waals surface area contributed by atoms with Crippen molar-refractivity contribution in [2.24, 2.45) is 0 Å². The lowest BCUT2D eigenvalue weighted by Crippen LogP contribution is -2.54. The molecule has 0 atom stereocenters. The second-order valence-electron chi connectivity index (χ2n) is 4.66. The molecule has 0 aromatic carbocycles. The van der Waals surface area contributed by atoms with Crippen LogP contribution >= 0.6 is 0 Å². The highest BCUT2D eigenvalue weighted by molar-refractivity contribution is 6.51. The van der Waals surface area contributed by atoms with Gasteiger partial charge in [0.2, 0.25) is 0 Å². The molecular formula is C10H24AlN3. The molecule has 0 saturated carbocycles. The molecule has 14 heavy (non-hydrogen) atoms. The van der Waals surface area contributed by atoms with Crippen LogP contribution in [0.5, 0.6) is 0 Å². The average Bonchev–Trinajstić information content (AvgIpc) is 2.12. The van der Waals surface area contributed by atoms with Crippen LogP contribution in [0.2, 0.25) is 5.79 Å². The van der Waals surface area contributed by atoms with Crippen molar-refractivity contribution < 1.29 is 0 Å². The minimum atomic E-state index is -0.718. The van der Waals surface area contributed by atoms with Gasteiger partial charge < -0.3 is 12.7 Å². The quantitative estimate of drug-likeness (QED) is 0.636. The molecule has 1 aliphatic rings. The Bertz CT molecular complexity index is 163. The minimum Gasteiger partial charge on any atom is -0.374 e. The Labute approximate surface area is 93.5 Å². The van der Waals surface area contributed by atoms with E-state index >= 15 is 0 Å². The number of hydrogen-bond donors (Lipinski definition) is 0. The average molecular weight is 213 g/mol. The van der Waals surface area contributed by atoms with Crippen LogP contribution in [0.15, 0.2) is 0 Å². The number of rotatable bonds is 4. The summed E-state index contributed by atoms with van der Waals surface area (Å²) in [6.45, 7) is 5.18. The van der Waals surface area contributed by atoms with E-state index in [9.17, 15) is 0 Å². The van der Waals surface area contributed by atoms with Crippen LogP contribution in [-0.2, 0) is 0 Å². The Hall–Kier alpha value is 0.412. The maximum absolute atomic E-state index is 2.73. The van der Waals surface area contributed by atoms with Crippen molar-refractivity contribution in [3.05, 3.63) is 0 Å². The zero-order valence-corrected chi connectivity index (χ0v) is 11.3. The van der Waals surface area contributed by atoms with Crippen LogP contribution < -0.4 is 0 Å². The van der Waals surface area contributed by atoms with Crippen LogP contribution in [-0.4, -0.2) is 74.6 Å². The highest BCUT2D eigenvalue weighted by Gasteiger charge is 2.29. The van der Waals surface area contributed by atoms with E-state index in [-0.39, 0.29) is 0 Å². The van der Waals surface area contributed by atoms with Crippen LogP contribution in [0.25, 0.3) is 0 Å². The smallest absolute Gasteiger partial charge is 0.374 e. The van der Waals surface area contributed by atoms with Gasteiger partial charge >= 0.3 is 14.6 Å². The molecule has 1 rings (SSSR count). The van der Waals surface area contributed by atoms with E-state index in [1.807, 2.05) is 0 Å². The fourth-order valence-electron chi connectivity index (χ4n) is 2.06. The van der Waals surface area contributed by atoms with E-state index in [1.54, 1.807) is 0 Å². The lowest BCUT2D eigenvalue weighted by Gasteiger charge is -2.37. The Morgan fingerprint density at radius 3 is 2.64 bits per heavy atom. The Morgan fingerprint density at radius 2 is 2.00 bits per heavy atom. The fourth-order valence-corrected chi connectivity index (χ4v) is 4.29. The molecule has 1 aliphatic heterocycles. The Morgan fingerprint density at radius 1 is 1.29 bits per heavy atom. The van der Waals surface area contributed by atoms with E-state index in [0.717, 1.165) is 0 Å². The third kappa shape index (κ3) is 3.88. The maximum Gasteiger partial charge on any atom is 0.484 e. The first kappa shape index (κ1) is 12.5. The summed E-state index contributed by atoms with van der Waals surface area (Å²) in [6.07, 6.45) is 2.67. The van der Waals surface area contributed by atoms with E-state index in [4.69, 9.17) is 0 Å². The summed E-state index contributed by atoms with van der Waals surface area (Å²) in [6, 6.07) is 0. The van der Waals surface area contributed by atoms with Gasteiger partial charge in [0.1, 0.15) is 0 Å². The number of nitrogens with zero attached hydrogens (tertiary/aromatic N) is 3. The second-order valence-corrected chi connectivity index (χ2v) is 7.53. The molecule has 82 valence electrons. The summed E-state index contributed by atoms with van der Waals surface area (Å²) in [5.41, 5.74) is 0. The molecule has 0 bridgehead atoms. The zero-order chi connectivity index (χ0) is 10.6. The largest absolute Gasteiger partial charge is 0.484 e. The van der Waals surface area contributed by atoms with Gasteiger partial charge in [-0.05, 0) is 60.2 Å². The van der Waals surface area contributed by atoms with Crippen molar-refractivity contribution in [2.75, 3.05) is 47.3 Å². The molecule has 0 spiro atoms. The highest BCUT2D eigenvalue weighted by atomic mass is 27.2. The lowest BCUT2D eigenvalue weighted by molar-refractivity contribution is 0.292. The standard InChI is InChI=1S/C9H21N3.CH3.Al/c1-10-6-4-7-11-8-5-9-12(2)3;;/h4-9H2,1-3H3;1H3;/q-2;;+2. The molecule has 1 saturated heterocycles. The molecule has 4 heteroatoms. The van der Waals surface area contributed by atoms with Crippen molar-refractivity contribution >= 4 is 14.6 Å². The number of hydrogen-bond acceptors (Lipinski definition) is 3. The zero-order valence-electron chi connectivity index (χ0n) is 10.2. The van der Waals surface area contributed by atoms with Gasteiger partial charge in [-0.15, -0.1) is 0 Å². The monoisotopic (exact) mass is 213 g/mol. The van der Waals surface area contributed by atoms with Gasteiger partial charge in [0.15, 0.2) is 0 Å². The van der Waals surface area contributed by atoms with Crippen molar-refractivity contribution in [1.29, 1.82) is 0 Å². The molecule has 0 unspecified atom stereocenters. The SMILES string of the molecule is CN(C)CCC[N]1CCC[N](C)[Al]1[CH3]. The summed E-state index contributed by atoms with van der Waals surface area (Å²) < 4.78 is 5.31. The molecule has 0 N–H and O–H groups in total. The normalized spacial score (nSPS) is 20.8. The third-order valence-electron chi connectivity index (χ3n) is 3.17. The van der Waals surface area contributed by atoms with Gasteiger partial charge in [-0.3, -0.25) is 0 Å². The summed E-state index contributed by atoms with van der Waals surface area (Å²) >= 11 is -0.718. The molecule has 0 amide bonds. The molecule has 0 aromatic rings. The van der Waals surface area contributed by atoms with Gasteiger partial charge in [-0.1, -0.05) is 5.79 Å². The van der Waals surface area contributed by atoms with Gasteiger partial charge in [-0.2, -0.15) is 0 Å². The van der Waals surface area contributed by atoms with Crippen LogP contribution in [0, 0.1) is 0 Å². The molecule has 0 aliphatic carbocycles. The van der Waals surface area contributed by atoms with Crippen molar-refractivity contribution in [3.8, 4) is 0 Å². The van der Waals surface area contributed by atoms with Crippen LogP contribution in [0.1, 0.15) is 12.8 Å². The molecular weight excluding hydrogens is 189 g/mol. The van der Waals surface area contributed by atoms with Gasteiger partial charge in [-0.25, -0.2) is 0 Å². The topological polar surface area (TPSA) is 9.72 Å². The molecule has 0 radical (unpaired) electrons. The molecule has 0 aromatic heterocycles. The van der Waals surface area contributed by atoms with Crippen molar-refractivity contribution in [3.63, 3.8) is 0 Å². The van der Waals surface area contributed by atoms with E-state index in [0.29, 0.717) is 0 Å². The first-order valence-electron chi connectivity index (χ1n) is 5.70. The summed E-state index contributed by atoms with van der Waals surface area (Å²) in [4.78, 5) is 2.28. The Kier molecular flexibility index (Phi) is 5.43. The molecule has 1 heterocycles. The summed E-state index contributed by atoms with van der Waals surface area (Å²) in [7, 11) is 6.60. The third-order valence-corrected chi connectivity index (χ3v) is 6.28. The van der Waals surface area contributed by atoms with Gasteiger partial charge in [0, 0.05) is 0 Å². The van der Waals surface area contributed by atoms with Crippen molar-refractivity contribution in [1.82, 2.24) is 12.7 Å². The lowest BCUT2D eigenvalue weighted by atomic mass is 10.3. The predicted molar refractivity (Wildman–Crippen MR) is 63.6 cm³/mol. The van der Waals surface area contributed by atoms with E-state index in [2.05, 4.69) is 39.6 Å². The van der Waals surface area contributed by atoms with Crippen LogP contribution in [0.4, 0.5) is 0 Å². The summed E-state index contributed by atoms with van der Waals surface area (Å²) in [5.74, 6) is 2.45. The van der Waals surface area contributed by atoms with Crippen LogP contribution in [0.3, 0.4) is 0 Å². The predicted octanol–water partition coefficient (Wildman–Crippen LogP) is 0.694. The first-order valence-corrected chi connectivity index (χ1v) is 7.89. The fraction of sp³-hybridized carbons (Fsp3) is 1.00. The van der Waals surface area contributed by atoms with Gasteiger partial charge in [0.05, 0.1) is 0 Å². The molecule has 3 nitrogen and oxygen atoms in total. The highest BCUT2D eigenvalue weighted by Crippen LogP contribution is 2.09.